The molecule has 1 heterocycles. The molecule has 1 aliphatic rings. The van der Waals surface area contributed by atoms with Gasteiger partial charge >= 0.3 is 5.97 Å². The number of aromatic hydroxyl groups is 3. The normalized spacial score (nSPS) is 16.2. The largest absolute Gasteiger partial charge is 0.508 e. The number of ketones is 1. The molecule has 7 heteroatoms. The van der Waals surface area contributed by atoms with E-state index in [1.807, 2.05) is 0 Å². The zero-order valence-corrected chi connectivity index (χ0v) is 12.6. The quantitative estimate of drug-likeness (QED) is 0.375. The number of Topliss-reactive ketones (excluding diaryl/α,β-unsaturated/α-hetero) is 1. The number of esters is 1. The second-order valence-corrected chi connectivity index (χ2v) is 5.25. The third-order valence-electron chi connectivity index (χ3n) is 3.54. The summed E-state index contributed by atoms with van der Waals surface area (Å²) in [5.41, 5.74) is 0.297. The Morgan fingerprint density at radius 2 is 1.52 bits per heavy atom. The SMILES string of the molecule is O=C1O/C(=C/c2ccc(O)c(O)c2)C(O)=C(c2ccc(O)cc2)C1=O. The first-order valence-electron chi connectivity index (χ1n) is 7.10. The highest BCUT2D eigenvalue weighted by molar-refractivity contribution is 6.53. The van der Waals surface area contributed by atoms with Crippen LogP contribution in [-0.4, -0.2) is 32.2 Å². The van der Waals surface area contributed by atoms with Crippen LogP contribution in [0.1, 0.15) is 11.1 Å². The maximum absolute atomic E-state index is 12.1. The predicted molar refractivity (Wildman–Crippen MR) is 86.5 cm³/mol. The number of aliphatic hydroxyl groups is 1. The van der Waals surface area contributed by atoms with Crippen molar-refractivity contribution >= 4 is 23.4 Å². The van der Waals surface area contributed by atoms with Crippen molar-refractivity contribution in [3.8, 4) is 17.2 Å². The lowest BCUT2D eigenvalue weighted by Gasteiger charge is -2.18. The van der Waals surface area contributed by atoms with E-state index in [1.54, 1.807) is 0 Å². The van der Waals surface area contributed by atoms with Crippen molar-refractivity contribution in [1.29, 1.82) is 0 Å². The number of hydrogen-bond donors (Lipinski definition) is 4. The van der Waals surface area contributed by atoms with Gasteiger partial charge in [0.25, 0.3) is 5.78 Å². The monoisotopic (exact) mass is 340 g/mol. The van der Waals surface area contributed by atoms with Crippen molar-refractivity contribution in [2.75, 3.05) is 0 Å². The average molecular weight is 340 g/mol. The number of ether oxygens (including phenoxy) is 1. The molecule has 0 aromatic heterocycles. The first-order chi connectivity index (χ1) is 11.9. The second-order valence-electron chi connectivity index (χ2n) is 5.25. The molecule has 0 spiro atoms. The lowest BCUT2D eigenvalue weighted by Crippen LogP contribution is -2.25. The van der Waals surface area contributed by atoms with Gasteiger partial charge in [0.05, 0.1) is 5.57 Å². The van der Waals surface area contributed by atoms with E-state index in [9.17, 15) is 30.0 Å². The van der Waals surface area contributed by atoms with Crippen molar-refractivity contribution in [1.82, 2.24) is 0 Å². The predicted octanol–water partition coefficient (Wildman–Crippen LogP) is 2.24. The molecule has 0 saturated heterocycles. The fourth-order valence-corrected chi connectivity index (χ4v) is 2.30. The molecule has 0 unspecified atom stereocenters. The zero-order chi connectivity index (χ0) is 18.1. The minimum Gasteiger partial charge on any atom is -0.508 e. The number of cyclic esters (lactones) is 1. The van der Waals surface area contributed by atoms with Gasteiger partial charge in [-0.2, -0.15) is 0 Å². The van der Waals surface area contributed by atoms with Crippen molar-refractivity contribution < 1.29 is 34.8 Å². The van der Waals surface area contributed by atoms with Crippen LogP contribution in [0.4, 0.5) is 0 Å². The van der Waals surface area contributed by atoms with Gasteiger partial charge in [-0.25, -0.2) is 4.79 Å². The van der Waals surface area contributed by atoms with Crippen LogP contribution in [0, 0.1) is 0 Å². The number of carbonyl (C=O) groups is 2. The van der Waals surface area contributed by atoms with Crippen LogP contribution in [0.5, 0.6) is 17.2 Å². The molecule has 7 nitrogen and oxygen atoms in total. The van der Waals surface area contributed by atoms with Crippen LogP contribution in [-0.2, 0) is 14.3 Å². The molecule has 0 saturated carbocycles. The molecule has 1 aliphatic heterocycles. The highest BCUT2D eigenvalue weighted by atomic mass is 16.6. The van der Waals surface area contributed by atoms with E-state index in [0.717, 1.165) is 0 Å². The first-order valence-corrected chi connectivity index (χ1v) is 7.10. The lowest BCUT2D eigenvalue weighted by molar-refractivity contribution is -0.149. The Hall–Kier alpha value is -3.74. The van der Waals surface area contributed by atoms with Gasteiger partial charge in [0.1, 0.15) is 5.75 Å². The Bertz CT molecular complexity index is 936. The van der Waals surface area contributed by atoms with Crippen LogP contribution in [0.15, 0.2) is 54.0 Å². The summed E-state index contributed by atoms with van der Waals surface area (Å²) in [7, 11) is 0. The topological polar surface area (TPSA) is 124 Å². The third-order valence-corrected chi connectivity index (χ3v) is 3.54. The second kappa shape index (κ2) is 6.04. The first kappa shape index (κ1) is 16.1. The highest BCUT2D eigenvalue weighted by Gasteiger charge is 2.34. The maximum Gasteiger partial charge on any atom is 0.385 e. The van der Waals surface area contributed by atoms with Crippen LogP contribution in [0.2, 0.25) is 0 Å². The number of carbonyl (C=O) groups excluding carboxylic acids is 2. The van der Waals surface area contributed by atoms with Crippen molar-refractivity contribution in [3.63, 3.8) is 0 Å². The molecule has 126 valence electrons. The fraction of sp³-hybridized carbons (Fsp3) is 0. The molecule has 25 heavy (non-hydrogen) atoms. The maximum atomic E-state index is 12.1. The molecule has 2 aromatic carbocycles. The molecule has 3 rings (SSSR count). The van der Waals surface area contributed by atoms with Gasteiger partial charge in [-0.3, -0.25) is 4.79 Å². The van der Waals surface area contributed by atoms with Gasteiger partial charge in [0.15, 0.2) is 23.0 Å². The smallest absolute Gasteiger partial charge is 0.385 e. The lowest BCUT2D eigenvalue weighted by atomic mass is 9.97. The molecule has 2 aromatic rings. The molecular weight excluding hydrogens is 328 g/mol. The van der Waals surface area contributed by atoms with Crippen molar-refractivity contribution in [3.05, 3.63) is 65.1 Å². The number of hydrogen-bond acceptors (Lipinski definition) is 7. The summed E-state index contributed by atoms with van der Waals surface area (Å²) >= 11 is 0. The Labute approximate surface area is 141 Å². The minimum absolute atomic E-state index is 0.0370. The van der Waals surface area contributed by atoms with Crippen molar-refractivity contribution in [2.24, 2.45) is 0 Å². The Morgan fingerprint density at radius 3 is 2.16 bits per heavy atom. The minimum atomic E-state index is -1.17. The molecule has 0 bridgehead atoms. The number of benzene rings is 2. The van der Waals surface area contributed by atoms with Gasteiger partial charge in [-0.1, -0.05) is 18.2 Å². The Morgan fingerprint density at radius 1 is 0.840 bits per heavy atom. The average Bonchev–Trinajstić information content (AvgIpc) is 2.58. The van der Waals surface area contributed by atoms with Crippen molar-refractivity contribution in [2.45, 2.75) is 0 Å². The van der Waals surface area contributed by atoms with Gasteiger partial charge in [0, 0.05) is 0 Å². The Balaban J connectivity index is 2.12. The summed E-state index contributed by atoms with van der Waals surface area (Å²) in [6.45, 7) is 0. The number of phenolic OH excluding ortho intramolecular Hbond substituents is 3. The van der Waals surface area contributed by atoms with E-state index in [2.05, 4.69) is 0 Å². The van der Waals surface area contributed by atoms with Crippen LogP contribution in [0.25, 0.3) is 11.6 Å². The van der Waals surface area contributed by atoms with Crippen LogP contribution < -0.4 is 0 Å². The molecular formula is C18H12O7. The highest BCUT2D eigenvalue weighted by Crippen LogP contribution is 2.32. The summed E-state index contributed by atoms with van der Waals surface area (Å²) in [5.74, 6) is -3.79. The van der Waals surface area contributed by atoms with E-state index in [0.29, 0.717) is 5.56 Å². The fourth-order valence-electron chi connectivity index (χ4n) is 2.30. The molecule has 0 fully saturated rings. The molecule has 0 atom stereocenters. The molecule has 0 aliphatic carbocycles. The van der Waals surface area contributed by atoms with E-state index >= 15 is 0 Å². The number of aliphatic hydroxyl groups excluding tert-OH is 1. The summed E-state index contributed by atoms with van der Waals surface area (Å²) in [5, 5.41) is 38.5. The third kappa shape index (κ3) is 3.02. The van der Waals surface area contributed by atoms with Crippen LogP contribution >= 0.6 is 0 Å². The summed E-state index contributed by atoms with van der Waals surface area (Å²) < 4.78 is 4.83. The number of phenols is 3. The van der Waals surface area contributed by atoms with Gasteiger partial charge < -0.3 is 25.2 Å². The number of rotatable bonds is 2. The van der Waals surface area contributed by atoms with E-state index < -0.39 is 23.3 Å². The van der Waals surface area contributed by atoms with E-state index in [4.69, 9.17) is 4.74 Å². The van der Waals surface area contributed by atoms with E-state index in [1.165, 1.54) is 48.5 Å². The van der Waals surface area contributed by atoms with Gasteiger partial charge in [-0.15, -0.1) is 0 Å². The summed E-state index contributed by atoms with van der Waals surface area (Å²) in [4.78, 5) is 23.9. The summed E-state index contributed by atoms with van der Waals surface area (Å²) in [6.07, 6.45) is 1.24. The van der Waals surface area contributed by atoms with Crippen LogP contribution in [0.3, 0.4) is 0 Å². The zero-order valence-electron chi connectivity index (χ0n) is 12.6. The van der Waals surface area contributed by atoms with Gasteiger partial charge in [-0.05, 0) is 41.5 Å². The van der Waals surface area contributed by atoms with Gasteiger partial charge in [0.2, 0.25) is 0 Å². The standard InChI is InChI=1S/C18H12O7/c19-11-4-2-10(3-5-11)15-16(22)14(25-18(24)17(15)23)8-9-1-6-12(20)13(21)7-9/h1-8,19-22H/b14-8+. The molecule has 4 N–H and O–H groups in total. The summed E-state index contributed by atoms with van der Waals surface area (Å²) in [6, 6.07) is 9.20. The Kier molecular flexibility index (Phi) is 3.90. The molecule has 0 amide bonds. The van der Waals surface area contributed by atoms with E-state index in [-0.39, 0.29) is 28.4 Å². The molecule has 0 radical (unpaired) electrons.